The third-order valence-electron chi connectivity index (χ3n) is 4.22. The van der Waals surface area contributed by atoms with Gasteiger partial charge in [0.1, 0.15) is 5.75 Å². The number of nitrogens with zero attached hydrogens (tertiary/aromatic N) is 1. The summed E-state index contributed by atoms with van der Waals surface area (Å²) in [4.78, 5) is 25.3. The summed E-state index contributed by atoms with van der Waals surface area (Å²) in [5.74, 6) is 5.52. The zero-order chi connectivity index (χ0) is 20.1. The van der Waals surface area contributed by atoms with Crippen LogP contribution in [0, 0.1) is 6.92 Å². The summed E-state index contributed by atoms with van der Waals surface area (Å²) in [6.45, 7) is 1.54. The minimum absolute atomic E-state index is 0.242. The summed E-state index contributed by atoms with van der Waals surface area (Å²) >= 11 is 6.06. The third kappa shape index (κ3) is 4.39. The molecule has 2 N–H and O–H groups in total. The van der Waals surface area contributed by atoms with Gasteiger partial charge < -0.3 is 4.74 Å². The van der Waals surface area contributed by atoms with Gasteiger partial charge in [0, 0.05) is 10.6 Å². The molecular formula is C22H19ClN2O3. The van der Waals surface area contributed by atoms with Crippen LogP contribution in [0.4, 0.5) is 5.69 Å². The lowest BCUT2D eigenvalue weighted by Crippen LogP contribution is -2.41. The van der Waals surface area contributed by atoms with Gasteiger partial charge in [-0.25, -0.2) is 10.9 Å². The van der Waals surface area contributed by atoms with Crippen LogP contribution in [0.3, 0.4) is 0 Å². The van der Waals surface area contributed by atoms with E-state index in [9.17, 15) is 9.59 Å². The number of aryl methyl sites for hydroxylation is 1. The maximum absolute atomic E-state index is 12.8. The highest BCUT2D eigenvalue weighted by Gasteiger charge is 2.18. The van der Waals surface area contributed by atoms with Crippen LogP contribution in [0.2, 0.25) is 5.02 Å². The van der Waals surface area contributed by atoms with Crippen molar-refractivity contribution in [3.63, 3.8) is 0 Å². The van der Waals surface area contributed by atoms with Crippen molar-refractivity contribution < 1.29 is 14.3 Å². The fourth-order valence-electron chi connectivity index (χ4n) is 2.73. The molecule has 0 saturated carbocycles. The molecule has 0 aliphatic heterocycles. The number of anilines is 1. The number of rotatable bonds is 6. The van der Waals surface area contributed by atoms with E-state index in [-0.39, 0.29) is 23.7 Å². The molecule has 3 aromatic carbocycles. The number of hydrogen-bond donors (Lipinski definition) is 1. The molecule has 0 unspecified atom stereocenters. The van der Waals surface area contributed by atoms with E-state index in [4.69, 9.17) is 22.2 Å². The monoisotopic (exact) mass is 394 g/mol. The van der Waals surface area contributed by atoms with Gasteiger partial charge >= 0.3 is 0 Å². The van der Waals surface area contributed by atoms with Crippen LogP contribution in [-0.4, -0.2) is 18.3 Å². The average Bonchev–Trinajstić information content (AvgIpc) is 2.72. The lowest BCUT2D eigenvalue weighted by Gasteiger charge is -2.19. The Morgan fingerprint density at radius 3 is 2.39 bits per heavy atom. The number of halogens is 1. The van der Waals surface area contributed by atoms with E-state index in [1.165, 1.54) is 6.07 Å². The number of para-hydroxylation sites is 1. The molecule has 28 heavy (non-hydrogen) atoms. The highest BCUT2D eigenvalue weighted by molar-refractivity contribution is 6.31. The molecule has 3 rings (SSSR count). The largest absolute Gasteiger partial charge is 0.483 e. The molecule has 5 nitrogen and oxygen atoms in total. The zero-order valence-corrected chi connectivity index (χ0v) is 16.0. The molecule has 3 aromatic rings. The second-order valence-electron chi connectivity index (χ2n) is 6.17. The Hall–Kier alpha value is -3.15. The molecule has 0 heterocycles. The maximum atomic E-state index is 12.8. The standard InChI is InChI=1S/C22H19ClN2O3/c1-15-7-5-6-10-19(15)25(24)21(26)14-28-20-12-11-17(23)13-18(20)22(27)16-8-3-2-4-9-16/h2-13H,14,24H2,1H3. The van der Waals surface area contributed by atoms with Crippen molar-refractivity contribution in [2.24, 2.45) is 5.84 Å². The maximum Gasteiger partial charge on any atom is 0.279 e. The molecule has 1 amide bonds. The van der Waals surface area contributed by atoms with Gasteiger partial charge in [0.05, 0.1) is 11.3 Å². The van der Waals surface area contributed by atoms with E-state index in [2.05, 4.69) is 0 Å². The van der Waals surface area contributed by atoms with E-state index in [0.29, 0.717) is 16.3 Å². The SMILES string of the molecule is Cc1ccccc1N(N)C(=O)COc1ccc(Cl)cc1C(=O)c1ccccc1. The molecule has 0 aromatic heterocycles. The first kappa shape index (κ1) is 19.6. The van der Waals surface area contributed by atoms with Crippen LogP contribution < -0.4 is 15.6 Å². The molecule has 0 radical (unpaired) electrons. The molecule has 0 fully saturated rings. The summed E-state index contributed by atoms with van der Waals surface area (Å²) in [5.41, 5.74) is 2.24. The van der Waals surface area contributed by atoms with Crippen molar-refractivity contribution in [2.45, 2.75) is 6.92 Å². The van der Waals surface area contributed by atoms with Gasteiger partial charge in [-0.15, -0.1) is 0 Å². The Morgan fingerprint density at radius 2 is 1.68 bits per heavy atom. The summed E-state index contributed by atoms with van der Waals surface area (Å²) < 4.78 is 5.63. The van der Waals surface area contributed by atoms with Crippen molar-refractivity contribution in [1.82, 2.24) is 0 Å². The predicted molar refractivity (Wildman–Crippen MR) is 110 cm³/mol. The van der Waals surface area contributed by atoms with Gasteiger partial charge in [0.25, 0.3) is 5.91 Å². The number of ketones is 1. The number of carbonyl (C=O) groups excluding carboxylic acids is 2. The van der Waals surface area contributed by atoms with Crippen LogP contribution in [0.5, 0.6) is 5.75 Å². The minimum atomic E-state index is -0.442. The van der Waals surface area contributed by atoms with E-state index >= 15 is 0 Å². The number of amides is 1. The van der Waals surface area contributed by atoms with Crippen molar-refractivity contribution in [3.8, 4) is 5.75 Å². The number of ether oxygens (including phenoxy) is 1. The first-order valence-electron chi connectivity index (χ1n) is 8.63. The molecular weight excluding hydrogens is 376 g/mol. The number of hydrazine groups is 1. The molecule has 142 valence electrons. The number of carbonyl (C=O) groups is 2. The zero-order valence-electron chi connectivity index (χ0n) is 15.3. The topological polar surface area (TPSA) is 72.6 Å². The Labute approximate surface area is 168 Å². The lowest BCUT2D eigenvalue weighted by atomic mass is 10.0. The molecule has 0 saturated heterocycles. The van der Waals surface area contributed by atoms with E-state index in [1.54, 1.807) is 48.5 Å². The lowest BCUT2D eigenvalue weighted by molar-refractivity contribution is -0.120. The van der Waals surface area contributed by atoms with Gasteiger partial charge in [-0.05, 0) is 36.8 Å². The number of benzene rings is 3. The van der Waals surface area contributed by atoms with Crippen molar-refractivity contribution in [3.05, 3.63) is 94.5 Å². The highest BCUT2D eigenvalue weighted by Crippen LogP contribution is 2.26. The number of hydrogen-bond acceptors (Lipinski definition) is 4. The Balaban J connectivity index is 1.79. The molecule has 0 bridgehead atoms. The van der Waals surface area contributed by atoms with Gasteiger partial charge in [0.2, 0.25) is 0 Å². The van der Waals surface area contributed by atoms with Crippen LogP contribution in [-0.2, 0) is 4.79 Å². The fourth-order valence-corrected chi connectivity index (χ4v) is 2.90. The van der Waals surface area contributed by atoms with Crippen LogP contribution in [0.15, 0.2) is 72.8 Å². The van der Waals surface area contributed by atoms with Crippen molar-refractivity contribution in [2.75, 3.05) is 11.6 Å². The van der Waals surface area contributed by atoms with E-state index in [1.807, 2.05) is 25.1 Å². The van der Waals surface area contributed by atoms with Gasteiger partial charge in [-0.3, -0.25) is 9.59 Å². The second kappa shape index (κ2) is 8.69. The van der Waals surface area contributed by atoms with Gasteiger partial charge in [0.15, 0.2) is 12.4 Å². The van der Waals surface area contributed by atoms with E-state index in [0.717, 1.165) is 10.6 Å². The normalized spacial score (nSPS) is 10.4. The Kier molecular flexibility index (Phi) is 6.09. The molecule has 0 aliphatic carbocycles. The van der Waals surface area contributed by atoms with Gasteiger partial charge in [-0.2, -0.15) is 0 Å². The highest BCUT2D eigenvalue weighted by atomic mass is 35.5. The minimum Gasteiger partial charge on any atom is -0.483 e. The van der Waals surface area contributed by atoms with Gasteiger partial charge in [-0.1, -0.05) is 60.1 Å². The Morgan fingerprint density at radius 1 is 1.00 bits per heavy atom. The molecule has 0 spiro atoms. The van der Waals surface area contributed by atoms with Crippen molar-refractivity contribution >= 4 is 29.0 Å². The smallest absolute Gasteiger partial charge is 0.279 e. The quantitative estimate of drug-likeness (QED) is 0.295. The van der Waals surface area contributed by atoms with Crippen molar-refractivity contribution in [1.29, 1.82) is 0 Å². The van der Waals surface area contributed by atoms with E-state index < -0.39 is 5.91 Å². The average molecular weight is 395 g/mol. The summed E-state index contributed by atoms with van der Waals surface area (Å²) in [6.07, 6.45) is 0. The first-order valence-corrected chi connectivity index (χ1v) is 9.00. The third-order valence-corrected chi connectivity index (χ3v) is 4.45. The first-order chi connectivity index (χ1) is 13.5. The summed E-state index contributed by atoms with van der Waals surface area (Å²) in [7, 11) is 0. The fraction of sp³-hybridized carbons (Fsp3) is 0.0909. The molecule has 0 aliphatic rings. The van der Waals surface area contributed by atoms with Crippen LogP contribution >= 0.6 is 11.6 Å². The number of nitrogens with two attached hydrogens (primary N) is 1. The predicted octanol–water partition coefficient (Wildman–Crippen LogP) is 4.17. The second-order valence-corrected chi connectivity index (χ2v) is 6.61. The van der Waals surface area contributed by atoms with Crippen LogP contribution in [0.1, 0.15) is 21.5 Å². The van der Waals surface area contributed by atoms with Crippen LogP contribution in [0.25, 0.3) is 0 Å². The summed E-state index contributed by atoms with van der Waals surface area (Å²) in [5, 5.41) is 1.45. The summed E-state index contributed by atoms with van der Waals surface area (Å²) in [6, 6.07) is 20.8. The Bertz CT molecular complexity index is 1010. The molecule has 0 atom stereocenters. The molecule has 6 heteroatoms.